The molecule has 0 spiro atoms. The molecular weight excluding hydrogens is 482 g/mol. The fourth-order valence-corrected chi connectivity index (χ4v) is 2.69. The van der Waals surface area contributed by atoms with Gasteiger partial charge in [-0.05, 0) is 61.1 Å². The quantitative estimate of drug-likeness (QED) is 0.398. The number of hydrazine groups is 1. The van der Waals surface area contributed by atoms with Crippen molar-refractivity contribution in [3.63, 3.8) is 0 Å². The highest BCUT2D eigenvalue weighted by Gasteiger charge is 2.15. The summed E-state index contributed by atoms with van der Waals surface area (Å²) in [4.78, 5) is 24.3. The predicted molar refractivity (Wildman–Crippen MR) is 118 cm³/mol. The highest BCUT2D eigenvalue weighted by molar-refractivity contribution is 9.10. The minimum absolute atomic E-state index is 0.0729. The van der Waals surface area contributed by atoms with E-state index in [2.05, 4.69) is 32.1 Å². The molecule has 0 saturated heterocycles. The standard InChI is InChI=1S/C19H19BrClN3O4S/c1-2-9-27-16-8-3-12(20)10-15(16)18(26)22-19(29)24-23-17(25)11-28-14-6-4-13(21)5-7-14/h3-8,10H,2,9,11H2,1H3,(H,23,25)(H2,22,24,26,29). The number of ether oxygens (including phenoxy) is 2. The van der Waals surface area contributed by atoms with Gasteiger partial charge in [0, 0.05) is 9.50 Å². The van der Waals surface area contributed by atoms with Crippen LogP contribution in [0.25, 0.3) is 0 Å². The van der Waals surface area contributed by atoms with Crippen LogP contribution in [0.4, 0.5) is 0 Å². The number of amides is 2. The Morgan fingerprint density at radius 2 is 1.83 bits per heavy atom. The Balaban J connectivity index is 1.82. The van der Waals surface area contributed by atoms with Crippen LogP contribution in [0.2, 0.25) is 5.02 Å². The van der Waals surface area contributed by atoms with E-state index < -0.39 is 11.8 Å². The number of carbonyl (C=O) groups is 2. The fourth-order valence-electron chi connectivity index (χ4n) is 2.06. The number of hydrogen-bond donors (Lipinski definition) is 3. The second kappa shape index (κ2) is 11.6. The molecule has 0 heterocycles. The van der Waals surface area contributed by atoms with Gasteiger partial charge in [-0.1, -0.05) is 34.5 Å². The van der Waals surface area contributed by atoms with Crippen molar-refractivity contribution in [3.05, 3.63) is 57.5 Å². The minimum atomic E-state index is -0.481. The first-order valence-electron chi connectivity index (χ1n) is 8.60. The molecule has 0 atom stereocenters. The molecule has 0 aliphatic carbocycles. The van der Waals surface area contributed by atoms with E-state index in [0.717, 1.165) is 10.9 Å². The summed E-state index contributed by atoms with van der Waals surface area (Å²) in [5.41, 5.74) is 5.11. The number of benzene rings is 2. The molecule has 0 aromatic heterocycles. The highest BCUT2D eigenvalue weighted by atomic mass is 79.9. The highest BCUT2D eigenvalue weighted by Crippen LogP contribution is 2.23. The van der Waals surface area contributed by atoms with Gasteiger partial charge in [-0.15, -0.1) is 0 Å². The normalized spacial score (nSPS) is 10.0. The van der Waals surface area contributed by atoms with E-state index in [9.17, 15) is 9.59 Å². The van der Waals surface area contributed by atoms with Crippen LogP contribution in [0.3, 0.4) is 0 Å². The number of rotatable bonds is 7. The first kappa shape index (κ1) is 22.9. The maximum atomic E-state index is 12.5. The van der Waals surface area contributed by atoms with E-state index in [4.69, 9.17) is 33.3 Å². The molecule has 0 saturated carbocycles. The summed E-state index contributed by atoms with van der Waals surface area (Å²) < 4.78 is 11.6. The molecule has 3 N–H and O–H groups in total. The number of halogens is 2. The van der Waals surface area contributed by atoms with E-state index in [0.29, 0.717) is 28.7 Å². The lowest BCUT2D eigenvalue weighted by molar-refractivity contribution is -0.123. The Labute approximate surface area is 187 Å². The average Bonchev–Trinajstić information content (AvgIpc) is 2.70. The van der Waals surface area contributed by atoms with Gasteiger partial charge in [0.1, 0.15) is 11.5 Å². The second-order valence-corrected chi connectivity index (χ2v) is 7.45. The molecule has 2 aromatic rings. The summed E-state index contributed by atoms with van der Waals surface area (Å²) >= 11 is 14.1. The van der Waals surface area contributed by atoms with Crippen molar-refractivity contribution < 1.29 is 19.1 Å². The van der Waals surface area contributed by atoms with Crippen LogP contribution in [0.1, 0.15) is 23.7 Å². The van der Waals surface area contributed by atoms with Crippen molar-refractivity contribution in [1.82, 2.24) is 16.2 Å². The van der Waals surface area contributed by atoms with Crippen LogP contribution in [0.15, 0.2) is 46.9 Å². The molecule has 0 unspecified atom stereocenters. The van der Waals surface area contributed by atoms with Crippen molar-refractivity contribution in [2.75, 3.05) is 13.2 Å². The Kier molecular flexibility index (Phi) is 9.17. The SMILES string of the molecule is CCCOc1ccc(Br)cc1C(=O)NC(=S)NNC(=O)COc1ccc(Cl)cc1. The van der Waals surface area contributed by atoms with Crippen molar-refractivity contribution >= 4 is 56.7 Å². The molecule has 29 heavy (non-hydrogen) atoms. The van der Waals surface area contributed by atoms with E-state index in [1.165, 1.54) is 0 Å². The molecule has 0 aliphatic heterocycles. The van der Waals surface area contributed by atoms with Crippen molar-refractivity contribution in [2.24, 2.45) is 0 Å². The molecular formula is C19H19BrClN3O4S. The van der Waals surface area contributed by atoms with Gasteiger partial charge in [0.25, 0.3) is 11.8 Å². The molecule has 2 aromatic carbocycles. The number of nitrogens with one attached hydrogen (secondary N) is 3. The number of carbonyl (C=O) groups excluding carboxylic acids is 2. The van der Waals surface area contributed by atoms with Crippen LogP contribution in [-0.2, 0) is 4.79 Å². The molecule has 0 aliphatic rings. The largest absolute Gasteiger partial charge is 0.493 e. The van der Waals surface area contributed by atoms with E-state index in [-0.39, 0.29) is 11.7 Å². The molecule has 154 valence electrons. The minimum Gasteiger partial charge on any atom is -0.493 e. The van der Waals surface area contributed by atoms with E-state index in [1.807, 2.05) is 6.92 Å². The number of hydrogen-bond acceptors (Lipinski definition) is 5. The molecule has 2 amide bonds. The lowest BCUT2D eigenvalue weighted by Crippen LogP contribution is -2.49. The average molecular weight is 501 g/mol. The van der Waals surface area contributed by atoms with E-state index >= 15 is 0 Å². The van der Waals surface area contributed by atoms with Gasteiger partial charge in [0.2, 0.25) is 0 Å². The van der Waals surface area contributed by atoms with Gasteiger partial charge in [0.05, 0.1) is 12.2 Å². The van der Waals surface area contributed by atoms with Gasteiger partial charge in [-0.2, -0.15) is 0 Å². The molecule has 10 heteroatoms. The van der Waals surface area contributed by atoms with Gasteiger partial charge < -0.3 is 9.47 Å². The molecule has 2 rings (SSSR count). The summed E-state index contributed by atoms with van der Waals surface area (Å²) in [6, 6.07) is 11.7. The maximum Gasteiger partial charge on any atom is 0.276 e. The fraction of sp³-hybridized carbons (Fsp3) is 0.211. The first-order valence-corrected chi connectivity index (χ1v) is 10.2. The van der Waals surface area contributed by atoms with Crippen molar-refractivity contribution in [1.29, 1.82) is 0 Å². The zero-order valence-corrected chi connectivity index (χ0v) is 18.6. The number of thiocarbonyl (C=S) groups is 1. The van der Waals surface area contributed by atoms with E-state index in [1.54, 1.807) is 42.5 Å². The topological polar surface area (TPSA) is 88.7 Å². The van der Waals surface area contributed by atoms with Crippen LogP contribution in [-0.4, -0.2) is 30.1 Å². The summed E-state index contributed by atoms with van der Waals surface area (Å²) in [7, 11) is 0. The van der Waals surface area contributed by atoms with Crippen LogP contribution in [0.5, 0.6) is 11.5 Å². The Bertz CT molecular complexity index is 880. The molecule has 7 nitrogen and oxygen atoms in total. The van der Waals surface area contributed by atoms with Crippen LogP contribution < -0.4 is 25.6 Å². The Morgan fingerprint density at radius 3 is 2.52 bits per heavy atom. The Morgan fingerprint density at radius 1 is 1.10 bits per heavy atom. The Hall–Kier alpha value is -2.36. The van der Waals surface area contributed by atoms with Gasteiger partial charge in [-0.25, -0.2) is 0 Å². The van der Waals surface area contributed by atoms with Crippen LogP contribution in [0, 0.1) is 0 Å². The zero-order valence-electron chi connectivity index (χ0n) is 15.5. The zero-order chi connectivity index (χ0) is 21.2. The lowest BCUT2D eigenvalue weighted by Gasteiger charge is -2.14. The van der Waals surface area contributed by atoms with Crippen molar-refractivity contribution in [3.8, 4) is 11.5 Å². The van der Waals surface area contributed by atoms with Crippen molar-refractivity contribution in [2.45, 2.75) is 13.3 Å². The third kappa shape index (κ3) is 7.88. The maximum absolute atomic E-state index is 12.5. The molecule has 0 radical (unpaired) electrons. The summed E-state index contributed by atoms with van der Waals surface area (Å²) in [5.74, 6) is -0.0158. The predicted octanol–water partition coefficient (Wildman–Crippen LogP) is 3.61. The molecule has 0 bridgehead atoms. The lowest BCUT2D eigenvalue weighted by atomic mass is 10.2. The van der Waals surface area contributed by atoms with Gasteiger partial charge in [-0.3, -0.25) is 25.8 Å². The third-order valence-electron chi connectivity index (χ3n) is 3.37. The van der Waals surface area contributed by atoms with Gasteiger partial charge in [0.15, 0.2) is 11.7 Å². The third-order valence-corrected chi connectivity index (χ3v) is 4.32. The smallest absolute Gasteiger partial charge is 0.276 e. The first-order chi connectivity index (χ1) is 13.9. The van der Waals surface area contributed by atoms with Gasteiger partial charge >= 0.3 is 0 Å². The molecule has 0 fully saturated rings. The summed E-state index contributed by atoms with van der Waals surface area (Å²) in [5, 5.41) is 2.98. The van der Waals surface area contributed by atoms with Crippen LogP contribution >= 0.6 is 39.7 Å². The monoisotopic (exact) mass is 499 g/mol. The summed E-state index contributed by atoms with van der Waals surface area (Å²) in [6.07, 6.45) is 0.807. The summed E-state index contributed by atoms with van der Waals surface area (Å²) in [6.45, 7) is 2.21. The second-order valence-electron chi connectivity index (χ2n) is 5.69.